The van der Waals surface area contributed by atoms with E-state index in [0.717, 1.165) is 24.4 Å². The Labute approximate surface area is 108 Å². The third-order valence-corrected chi connectivity index (χ3v) is 4.62. The third-order valence-electron chi connectivity index (χ3n) is 3.20. The average molecular weight is 260 g/mol. The molecule has 0 saturated heterocycles. The van der Waals surface area contributed by atoms with E-state index in [0.29, 0.717) is 6.04 Å². The van der Waals surface area contributed by atoms with Crippen LogP contribution in [0.3, 0.4) is 0 Å². The van der Waals surface area contributed by atoms with Crippen LogP contribution >= 0.6 is 22.9 Å². The van der Waals surface area contributed by atoms with Crippen molar-refractivity contribution in [3.63, 3.8) is 0 Å². The molecule has 92 valence electrons. The molecule has 1 unspecified atom stereocenters. The predicted octanol–water partition coefficient (Wildman–Crippen LogP) is 4.88. The number of rotatable bonds is 6. The maximum Gasteiger partial charge on any atom is 0.0561 e. The Morgan fingerprint density at radius 1 is 1.44 bits per heavy atom. The Morgan fingerprint density at radius 3 is 2.56 bits per heavy atom. The van der Waals surface area contributed by atoms with Crippen LogP contribution in [0.1, 0.15) is 51.5 Å². The van der Waals surface area contributed by atoms with E-state index >= 15 is 0 Å². The van der Waals surface area contributed by atoms with E-state index in [1.165, 1.54) is 4.88 Å². The third kappa shape index (κ3) is 3.22. The van der Waals surface area contributed by atoms with Gasteiger partial charge in [-0.1, -0.05) is 39.3 Å². The van der Waals surface area contributed by atoms with Crippen molar-refractivity contribution in [1.29, 1.82) is 0 Å². The Kier molecular flexibility index (Phi) is 5.29. The molecule has 0 saturated carbocycles. The molecule has 1 rings (SSSR count). The van der Waals surface area contributed by atoms with Crippen LogP contribution in [0.15, 0.2) is 11.4 Å². The molecule has 16 heavy (non-hydrogen) atoms. The van der Waals surface area contributed by atoms with Crippen molar-refractivity contribution in [3.05, 3.63) is 21.3 Å². The molecule has 0 fully saturated rings. The fraction of sp³-hybridized carbons (Fsp3) is 0.692. The maximum absolute atomic E-state index is 6.25. The van der Waals surface area contributed by atoms with Crippen molar-refractivity contribution in [2.75, 3.05) is 6.54 Å². The lowest BCUT2D eigenvalue weighted by atomic mass is 9.81. The summed E-state index contributed by atoms with van der Waals surface area (Å²) in [5, 5.41) is 6.61. The van der Waals surface area contributed by atoms with E-state index in [4.69, 9.17) is 11.6 Å². The molecule has 0 aliphatic heterocycles. The van der Waals surface area contributed by atoms with Gasteiger partial charge in [-0.25, -0.2) is 0 Å². The summed E-state index contributed by atoms with van der Waals surface area (Å²) in [4.78, 5) is 1.28. The van der Waals surface area contributed by atoms with Crippen LogP contribution in [0.25, 0.3) is 0 Å². The monoisotopic (exact) mass is 259 g/mol. The fourth-order valence-corrected chi connectivity index (χ4v) is 3.18. The molecule has 0 spiro atoms. The van der Waals surface area contributed by atoms with Crippen molar-refractivity contribution in [2.24, 2.45) is 5.41 Å². The summed E-state index contributed by atoms with van der Waals surface area (Å²) in [5.41, 5.74) is 0.240. The minimum atomic E-state index is 0.240. The van der Waals surface area contributed by atoms with Gasteiger partial charge in [-0.2, -0.15) is 0 Å². The number of hydrogen-bond donors (Lipinski definition) is 1. The van der Waals surface area contributed by atoms with Crippen molar-refractivity contribution >= 4 is 22.9 Å². The zero-order valence-electron chi connectivity index (χ0n) is 10.6. The molecule has 0 aliphatic rings. The van der Waals surface area contributed by atoms with Crippen LogP contribution in [0.2, 0.25) is 5.02 Å². The number of halogens is 1. The SMILES string of the molecule is CCCNC(c1sccc1Cl)C(C)(C)CC. The minimum Gasteiger partial charge on any atom is -0.309 e. The molecule has 0 aromatic carbocycles. The number of thiophene rings is 1. The van der Waals surface area contributed by atoms with Gasteiger partial charge in [0.15, 0.2) is 0 Å². The van der Waals surface area contributed by atoms with Crippen LogP contribution in [0.5, 0.6) is 0 Å². The van der Waals surface area contributed by atoms with Crippen LogP contribution in [-0.4, -0.2) is 6.54 Å². The molecule has 1 N–H and O–H groups in total. The Hall–Kier alpha value is -0.0500. The van der Waals surface area contributed by atoms with Crippen molar-refractivity contribution in [2.45, 2.75) is 46.6 Å². The first-order valence-electron chi connectivity index (χ1n) is 5.99. The van der Waals surface area contributed by atoms with E-state index in [9.17, 15) is 0 Å². The molecular weight excluding hydrogens is 238 g/mol. The predicted molar refractivity (Wildman–Crippen MR) is 74.4 cm³/mol. The standard InChI is InChI=1S/C13H22ClNS/c1-5-8-15-12(13(3,4)6-2)11-10(14)7-9-16-11/h7,9,12,15H,5-6,8H2,1-4H3. The highest BCUT2D eigenvalue weighted by Crippen LogP contribution is 2.41. The highest BCUT2D eigenvalue weighted by molar-refractivity contribution is 7.10. The first-order chi connectivity index (χ1) is 7.53. The van der Waals surface area contributed by atoms with Gasteiger partial charge in [0.05, 0.1) is 5.02 Å². The fourth-order valence-electron chi connectivity index (χ4n) is 1.73. The summed E-state index contributed by atoms with van der Waals surface area (Å²) in [5.74, 6) is 0. The lowest BCUT2D eigenvalue weighted by Crippen LogP contribution is -2.34. The number of hydrogen-bond acceptors (Lipinski definition) is 2. The Balaban J connectivity index is 2.92. The lowest BCUT2D eigenvalue weighted by molar-refractivity contribution is 0.238. The molecule has 1 heterocycles. The molecule has 1 atom stereocenters. The summed E-state index contributed by atoms with van der Waals surface area (Å²) in [6, 6.07) is 2.36. The second-order valence-corrected chi connectivity index (χ2v) is 6.22. The highest BCUT2D eigenvalue weighted by atomic mass is 35.5. The molecule has 0 amide bonds. The smallest absolute Gasteiger partial charge is 0.0561 e. The first kappa shape index (κ1) is 14.0. The average Bonchev–Trinajstić information content (AvgIpc) is 2.65. The quantitative estimate of drug-likeness (QED) is 0.768. The Bertz CT molecular complexity index is 319. The van der Waals surface area contributed by atoms with Gasteiger partial charge in [0.1, 0.15) is 0 Å². The molecule has 1 aromatic heterocycles. The van der Waals surface area contributed by atoms with Crippen LogP contribution in [0.4, 0.5) is 0 Å². The van der Waals surface area contributed by atoms with E-state index in [1.54, 1.807) is 11.3 Å². The highest BCUT2D eigenvalue weighted by Gasteiger charge is 2.30. The van der Waals surface area contributed by atoms with Gasteiger partial charge < -0.3 is 5.32 Å². The Morgan fingerprint density at radius 2 is 2.12 bits per heavy atom. The van der Waals surface area contributed by atoms with E-state index < -0.39 is 0 Å². The lowest BCUT2D eigenvalue weighted by Gasteiger charge is -2.34. The second-order valence-electron chi connectivity index (χ2n) is 4.86. The summed E-state index contributed by atoms with van der Waals surface area (Å²) in [6.45, 7) is 10.1. The van der Waals surface area contributed by atoms with E-state index in [1.807, 2.05) is 6.07 Å². The summed E-state index contributed by atoms with van der Waals surface area (Å²) in [7, 11) is 0. The molecular formula is C13H22ClNS. The van der Waals surface area contributed by atoms with Crippen molar-refractivity contribution in [3.8, 4) is 0 Å². The summed E-state index contributed by atoms with van der Waals surface area (Å²) < 4.78 is 0. The molecule has 0 aliphatic carbocycles. The van der Waals surface area contributed by atoms with Gasteiger partial charge in [-0.3, -0.25) is 0 Å². The van der Waals surface area contributed by atoms with E-state index in [-0.39, 0.29) is 5.41 Å². The van der Waals surface area contributed by atoms with E-state index in [2.05, 4.69) is 38.4 Å². The van der Waals surface area contributed by atoms with Gasteiger partial charge in [-0.05, 0) is 36.2 Å². The van der Waals surface area contributed by atoms with Crippen LogP contribution in [-0.2, 0) is 0 Å². The molecule has 0 radical (unpaired) electrons. The first-order valence-corrected chi connectivity index (χ1v) is 7.25. The largest absolute Gasteiger partial charge is 0.309 e. The zero-order chi connectivity index (χ0) is 12.2. The normalized spacial score (nSPS) is 14.1. The van der Waals surface area contributed by atoms with Gasteiger partial charge in [0.25, 0.3) is 0 Å². The molecule has 0 bridgehead atoms. The zero-order valence-corrected chi connectivity index (χ0v) is 12.2. The van der Waals surface area contributed by atoms with Crippen LogP contribution in [0, 0.1) is 5.41 Å². The summed E-state index contributed by atoms with van der Waals surface area (Å²) in [6.07, 6.45) is 2.29. The number of nitrogens with one attached hydrogen (secondary N) is 1. The molecule has 1 aromatic rings. The minimum absolute atomic E-state index is 0.240. The molecule has 3 heteroatoms. The van der Waals surface area contributed by atoms with Gasteiger partial charge >= 0.3 is 0 Å². The van der Waals surface area contributed by atoms with Gasteiger partial charge in [-0.15, -0.1) is 11.3 Å². The second kappa shape index (κ2) is 6.04. The molecule has 1 nitrogen and oxygen atoms in total. The maximum atomic E-state index is 6.25. The topological polar surface area (TPSA) is 12.0 Å². The summed E-state index contributed by atoms with van der Waals surface area (Å²) >= 11 is 8.00. The van der Waals surface area contributed by atoms with Crippen molar-refractivity contribution in [1.82, 2.24) is 5.32 Å². The van der Waals surface area contributed by atoms with Crippen LogP contribution < -0.4 is 5.32 Å². The van der Waals surface area contributed by atoms with Crippen molar-refractivity contribution < 1.29 is 0 Å². The van der Waals surface area contributed by atoms with Gasteiger partial charge in [0.2, 0.25) is 0 Å². The van der Waals surface area contributed by atoms with Gasteiger partial charge in [0, 0.05) is 10.9 Å².